The minimum Gasteiger partial charge on any atom is -0.306 e. The molecule has 3 rings (SSSR count). The summed E-state index contributed by atoms with van der Waals surface area (Å²) in [7, 11) is -1.20. The van der Waals surface area contributed by atoms with E-state index in [0.717, 1.165) is 31.5 Å². The van der Waals surface area contributed by atoms with Crippen molar-refractivity contribution >= 4 is 10.0 Å². The van der Waals surface area contributed by atoms with Crippen molar-refractivity contribution in [3.8, 4) is 0 Å². The third kappa shape index (κ3) is 2.87. The second-order valence-electron chi connectivity index (χ2n) is 6.75. The average molecular weight is 308 g/mol. The summed E-state index contributed by atoms with van der Waals surface area (Å²) in [5.74, 6) is 0. The monoisotopic (exact) mass is 308 g/mol. The number of benzene rings is 1. The SMILES string of the molecule is Cc1cccc(S(=O)(=O)N2CCC3(CCCN(C)C3)C2)c1. The molecule has 2 heterocycles. The van der Waals surface area contributed by atoms with Crippen molar-refractivity contribution in [2.75, 3.05) is 33.2 Å². The smallest absolute Gasteiger partial charge is 0.243 e. The first-order chi connectivity index (χ1) is 9.91. The summed E-state index contributed by atoms with van der Waals surface area (Å²) in [5.41, 5.74) is 1.16. The fourth-order valence-electron chi connectivity index (χ4n) is 3.81. The molecule has 0 bridgehead atoms. The van der Waals surface area contributed by atoms with E-state index in [-0.39, 0.29) is 5.41 Å². The highest BCUT2D eigenvalue weighted by molar-refractivity contribution is 7.89. The molecule has 1 aromatic carbocycles. The molecule has 4 nitrogen and oxygen atoms in total. The van der Waals surface area contributed by atoms with Crippen LogP contribution < -0.4 is 0 Å². The van der Waals surface area contributed by atoms with Crippen LogP contribution in [-0.4, -0.2) is 50.8 Å². The first-order valence-corrected chi connectivity index (χ1v) is 9.11. The lowest BCUT2D eigenvalue weighted by Gasteiger charge is -2.38. The van der Waals surface area contributed by atoms with Gasteiger partial charge < -0.3 is 4.90 Å². The van der Waals surface area contributed by atoms with Crippen molar-refractivity contribution in [1.29, 1.82) is 0 Å². The van der Waals surface area contributed by atoms with E-state index in [0.29, 0.717) is 18.0 Å². The summed E-state index contributed by atoms with van der Waals surface area (Å²) in [5, 5.41) is 0. The van der Waals surface area contributed by atoms with Crippen LogP contribution in [0.4, 0.5) is 0 Å². The lowest BCUT2D eigenvalue weighted by molar-refractivity contribution is 0.121. The van der Waals surface area contributed by atoms with Crippen LogP contribution in [0.2, 0.25) is 0 Å². The first kappa shape index (κ1) is 15.0. The molecule has 2 fully saturated rings. The van der Waals surface area contributed by atoms with E-state index in [4.69, 9.17) is 0 Å². The number of piperidine rings is 1. The molecule has 0 saturated carbocycles. The number of hydrogen-bond donors (Lipinski definition) is 0. The summed E-state index contributed by atoms with van der Waals surface area (Å²) in [6, 6.07) is 7.23. The molecule has 116 valence electrons. The molecule has 21 heavy (non-hydrogen) atoms. The zero-order chi connectivity index (χ0) is 15.1. The minimum atomic E-state index is -3.34. The van der Waals surface area contributed by atoms with Gasteiger partial charge in [0.15, 0.2) is 0 Å². The van der Waals surface area contributed by atoms with Crippen LogP contribution in [0.3, 0.4) is 0 Å². The Morgan fingerprint density at radius 3 is 2.67 bits per heavy atom. The largest absolute Gasteiger partial charge is 0.306 e. The Hall–Kier alpha value is -0.910. The second kappa shape index (κ2) is 5.38. The van der Waals surface area contributed by atoms with Gasteiger partial charge >= 0.3 is 0 Å². The third-order valence-electron chi connectivity index (χ3n) is 4.88. The van der Waals surface area contributed by atoms with Gasteiger partial charge in [-0.25, -0.2) is 8.42 Å². The maximum absolute atomic E-state index is 12.8. The molecule has 0 amide bonds. The fraction of sp³-hybridized carbons (Fsp3) is 0.625. The van der Waals surface area contributed by atoms with E-state index in [1.807, 2.05) is 19.1 Å². The Morgan fingerprint density at radius 1 is 1.14 bits per heavy atom. The quantitative estimate of drug-likeness (QED) is 0.840. The van der Waals surface area contributed by atoms with E-state index >= 15 is 0 Å². The van der Waals surface area contributed by atoms with Gasteiger partial charge in [0, 0.05) is 19.6 Å². The van der Waals surface area contributed by atoms with Crippen molar-refractivity contribution in [1.82, 2.24) is 9.21 Å². The fourth-order valence-corrected chi connectivity index (χ4v) is 5.47. The molecule has 5 heteroatoms. The first-order valence-electron chi connectivity index (χ1n) is 7.67. The Morgan fingerprint density at radius 2 is 1.95 bits per heavy atom. The van der Waals surface area contributed by atoms with Gasteiger partial charge in [0.05, 0.1) is 4.90 Å². The highest BCUT2D eigenvalue weighted by atomic mass is 32.2. The van der Waals surface area contributed by atoms with Crippen LogP contribution >= 0.6 is 0 Å². The van der Waals surface area contributed by atoms with E-state index in [1.165, 1.54) is 6.42 Å². The maximum atomic E-state index is 12.8. The summed E-state index contributed by atoms with van der Waals surface area (Å²) in [4.78, 5) is 2.77. The lowest BCUT2D eigenvalue weighted by atomic mass is 9.79. The number of sulfonamides is 1. The van der Waals surface area contributed by atoms with Crippen LogP contribution in [0.1, 0.15) is 24.8 Å². The van der Waals surface area contributed by atoms with Crippen LogP contribution in [-0.2, 0) is 10.0 Å². The van der Waals surface area contributed by atoms with E-state index in [9.17, 15) is 8.42 Å². The van der Waals surface area contributed by atoms with Crippen molar-refractivity contribution in [2.24, 2.45) is 5.41 Å². The molecule has 1 atom stereocenters. The predicted octanol–water partition coefficient (Wildman–Crippen LogP) is 2.10. The van der Waals surface area contributed by atoms with Gasteiger partial charge in [-0.2, -0.15) is 4.31 Å². The zero-order valence-electron chi connectivity index (χ0n) is 12.9. The van der Waals surface area contributed by atoms with Crippen molar-refractivity contribution in [3.05, 3.63) is 29.8 Å². The summed E-state index contributed by atoms with van der Waals surface area (Å²) < 4.78 is 27.3. The summed E-state index contributed by atoms with van der Waals surface area (Å²) >= 11 is 0. The van der Waals surface area contributed by atoms with E-state index in [2.05, 4.69) is 11.9 Å². The molecule has 0 aromatic heterocycles. The Kier molecular flexibility index (Phi) is 3.84. The average Bonchev–Trinajstić information content (AvgIpc) is 2.83. The van der Waals surface area contributed by atoms with E-state index < -0.39 is 10.0 Å². The number of hydrogen-bond acceptors (Lipinski definition) is 3. The Bertz CT molecular complexity index is 629. The minimum absolute atomic E-state index is 0.171. The van der Waals surface area contributed by atoms with Crippen LogP contribution in [0.15, 0.2) is 29.2 Å². The Balaban J connectivity index is 1.82. The molecule has 2 saturated heterocycles. The molecule has 0 aliphatic carbocycles. The third-order valence-corrected chi connectivity index (χ3v) is 6.72. The molecule has 1 spiro atoms. The number of aryl methyl sites for hydroxylation is 1. The molecule has 2 aliphatic heterocycles. The van der Waals surface area contributed by atoms with Gasteiger partial charge in [-0.1, -0.05) is 12.1 Å². The second-order valence-corrected chi connectivity index (χ2v) is 8.68. The summed E-state index contributed by atoms with van der Waals surface area (Å²) in [6.45, 7) is 5.41. The maximum Gasteiger partial charge on any atom is 0.243 e. The topological polar surface area (TPSA) is 40.6 Å². The zero-order valence-corrected chi connectivity index (χ0v) is 13.7. The molecule has 0 radical (unpaired) electrons. The Labute approximate surface area is 127 Å². The lowest BCUT2D eigenvalue weighted by Crippen LogP contribution is -2.43. The molecule has 2 aliphatic rings. The van der Waals surface area contributed by atoms with Crippen molar-refractivity contribution in [3.63, 3.8) is 0 Å². The molecule has 1 unspecified atom stereocenters. The molecular weight excluding hydrogens is 284 g/mol. The van der Waals surface area contributed by atoms with Crippen LogP contribution in [0.25, 0.3) is 0 Å². The molecular formula is C16H24N2O2S. The van der Waals surface area contributed by atoms with Gasteiger partial charge in [-0.3, -0.25) is 0 Å². The van der Waals surface area contributed by atoms with Gasteiger partial charge in [0.1, 0.15) is 0 Å². The van der Waals surface area contributed by atoms with Gasteiger partial charge in [0.2, 0.25) is 10.0 Å². The van der Waals surface area contributed by atoms with Crippen LogP contribution in [0, 0.1) is 12.3 Å². The normalized spacial score (nSPS) is 28.3. The number of nitrogens with zero attached hydrogens (tertiary/aromatic N) is 2. The number of likely N-dealkylation sites (tertiary alicyclic amines) is 1. The predicted molar refractivity (Wildman–Crippen MR) is 83.7 cm³/mol. The molecule has 1 aromatic rings. The number of rotatable bonds is 2. The van der Waals surface area contributed by atoms with Gasteiger partial charge in [-0.15, -0.1) is 0 Å². The van der Waals surface area contributed by atoms with Crippen molar-refractivity contribution < 1.29 is 8.42 Å². The summed E-state index contributed by atoms with van der Waals surface area (Å²) in [6.07, 6.45) is 3.31. The van der Waals surface area contributed by atoms with Gasteiger partial charge in [-0.05, 0) is 62.9 Å². The molecule has 0 N–H and O–H groups in total. The van der Waals surface area contributed by atoms with Crippen LogP contribution in [0.5, 0.6) is 0 Å². The highest BCUT2D eigenvalue weighted by Gasteiger charge is 2.44. The van der Waals surface area contributed by atoms with E-state index in [1.54, 1.807) is 16.4 Å². The van der Waals surface area contributed by atoms with Crippen molar-refractivity contribution in [2.45, 2.75) is 31.1 Å². The van der Waals surface area contributed by atoms with Gasteiger partial charge in [0.25, 0.3) is 0 Å². The highest BCUT2D eigenvalue weighted by Crippen LogP contribution is 2.40. The standard InChI is InChI=1S/C16H24N2O2S/c1-14-5-3-6-15(11-14)21(19,20)18-10-8-16(13-18)7-4-9-17(2)12-16/h3,5-6,11H,4,7-10,12-13H2,1-2H3.